The zero-order chi connectivity index (χ0) is 13.6. The summed E-state index contributed by atoms with van der Waals surface area (Å²) in [5, 5.41) is 12.2. The fourth-order valence-electron chi connectivity index (χ4n) is 2.31. The first kappa shape index (κ1) is 15.4. The SMILES string of the molecule is CNC(C)(C#N)CCCCN1CC(C)OCC1C. The van der Waals surface area contributed by atoms with E-state index in [1.54, 1.807) is 0 Å². The summed E-state index contributed by atoms with van der Waals surface area (Å²) < 4.78 is 5.62. The van der Waals surface area contributed by atoms with Crippen molar-refractivity contribution in [1.29, 1.82) is 5.26 Å². The lowest BCUT2D eigenvalue weighted by Gasteiger charge is -2.36. The quantitative estimate of drug-likeness (QED) is 0.733. The number of nitrogens with one attached hydrogen (secondary N) is 1. The summed E-state index contributed by atoms with van der Waals surface area (Å²) in [6.07, 6.45) is 3.50. The van der Waals surface area contributed by atoms with Crippen molar-refractivity contribution in [2.24, 2.45) is 0 Å². The van der Waals surface area contributed by atoms with Crippen molar-refractivity contribution in [2.75, 3.05) is 26.7 Å². The maximum Gasteiger partial charge on any atom is 0.103 e. The van der Waals surface area contributed by atoms with Crippen LogP contribution in [0.4, 0.5) is 0 Å². The van der Waals surface area contributed by atoms with Crippen LogP contribution in [0.25, 0.3) is 0 Å². The third kappa shape index (κ3) is 4.56. The minimum Gasteiger partial charge on any atom is -0.376 e. The first-order chi connectivity index (χ1) is 8.50. The van der Waals surface area contributed by atoms with E-state index in [2.05, 4.69) is 30.1 Å². The van der Waals surface area contributed by atoms with Crippen LogP contribution in [0.3, 0.4) is 0 Å². The first-order valence-electron chi connectivity index (χ1n) is 6.96. The molecule has 1 aliphatic rings. The monoisotopic (exact) mass is 253 g/mol. The van der Waals surface area contributed by atoms with Gasteiger partial charge in [-0.1, -0.05) is 0 Å². The molecule has 1 N–H and O–H groups in total. The van der Waals surface area contributed by atoms with Gasteiger partial charge >= 0.3 is 0 Å². The van der Waals surface area contributed by atoms with Gasteiger partial charge in [0.15, 0.2) is 0 Å². The molecule has 1 saturated heterocycles. The Morgan fingerprint density at radius 1 is 1.44 bits per heavy atom. The number of nitrogens with zero attached hydrogens (tertiary/aromatic N) is 2. The number of nitriles is 1. The Balaban J connectivity index is 2.23. The van der Waals surface area contributed by atoms with Crippen molar-refractivity contribution in [3.8, 4) is 6.07 Å². The van der Waals surface area contributed by atoms with Crippen LogP contribution in [0.5, 0.6) is 0 Å². The fraction of sp³-hybridized carbons (Fsp3) is 0.929. The van der Waals surface area contributed by atoms with Crippen LogP contribution in [0.1, 0.15) is 40.0 Å². The predicted octanol–water partition coefficient (Wildman–Crippen LogP) is 1.77. The standard InChI is InChI=1S/C14H27N3O/c1-12-10-18-13(2)9-17(12)8-6-5-7-14(3,11-15)16-4/h12-13,16H,5-10H2,1-4H3. The molecule has 1 heterocycles. The van der Waals surface area contributed by atoms with Gasteiger partial charge in [0.25, 0.3) is 0 Å². The second-order valence-corrected chi connectivity index (χ2v) is 5.64. The molecule has 3 atom stereocenters. The van der Waals surface area contributed by atoms with Crippen molar-refractivity contribution in [3.63, 3.8) is 0 Å². The van der Waals surface area contributed by atoms with Crippen molar-refractivity contribution in [1.82, 2.24) is 10.2 Å². The van der Waals surface area contributed by atoms with Gasteiger partial charge in [0.05, 0.1) is 18.8 Å². The van der Waals surface area contributed by atoms with Gasteiger partial charge in [0.1, 0.15) is 5.54 Å². The Morgan fingerprint density at radius 2 is 2.17 bits per heavy atom. The molecule has 104 valence electrons. The lowest BCUT2D eigenvalue weighted by Crippen LogP contribution is -2.47. The average molecular weight is 253 g/mol. The molecule has 18 heavy (non-hydrogen) atoms. The smallest absolute Gasteiger partial charge is 0.103 e. The van der Waals surface area contributed by atoms with E-state index < -0.39 is 0 Å². The van der Waals surface area contributed by atoms with Gasteiger partial charge in [0, 0.05) is 12.6 Å². The lowest BCUT2D eigenvalue weighted by atomic mass is 9.97. The van der Waals surface area contributed by atoms with Gasteiger partial charge in [-0.15, -0.1) is 0 Å². The Bertz CT molecular complexity index is 289. The van der Waals surface area contributed by atoms with E-state index in [-0.39, 0.29) is 5.54 Å². The van der Waals surface area contributed by atoms with Crippen LogP contribution >= 0.6 is 0 Å². The largest absolute Gasteiger partial charge is 0.376 e. The Morgan fingerprint density at radius 3 is 2.78 bits per heavy atom. The van der Waals surface area contributed by atoms with E-state index in [0.29, 0.717) is 12.1 Å². The van der Waals surface area contributed by atoms with Crippen molar-refractivity contribution < 1.29 is 4.74 Å². The minimum atomic E-state index is -0.371. The number of rotatable bonds is 6. The van der Waals surface area contributed by atoms with Crippen LogP contribution in [-0.2, 0) is 4.74 Å². The highest BCUT2D eigenvalue weighted by Crippen LogP contribution is 2.15. The summed E-state index contributed by atoms with van der Waals surface area (Å²) in [7, 11) is 1.86. The third-order valence-corrected chi connectivity index (χ3v) is 3.91. The number of hydrogen-bond donors (Lipinski definition) is 1. The van der Waals surface area contributed by atoms with E-state index >= 15 is 0 Å². The fourth-order valence-corrected chi connectivity index (χ4v) is 2.31. The lowest BCUT2D eigenvalue weighted by molar-refractivity contribution is -0.0497. The van der Waals surface area contributed by atoms with Gasteiger partial charge in [-0.25, -0.2) is 0 Å². The molecule has 1 aliphatic heterocycles. The highest BCUT2D eigenvalue weighted by molar-refractivity contribution is 5.02. The molecular formula is C14H27N3O. The maximum absolute atomic E-state index is 9.07. The van der Waals surface area contributed by atoms with E-state index in [1.807, 2.05) is 14.0 Å². The second-order valence-electron chi connectivity index (χ2n) is 5.64. The van der Waals surface area contributed by atoms with Crippen molar-refractivity contribution in [2.45, 2.75) is 57.7 Å². The maximum atomic E-state index is 9.07. The Kier molecular flexibility index (Phi) is 6.07. The molecule has 4 nitrogen and oxygen atoms in total. The molecule has 0 amide bonds. The molecule has 0 radical (unpaired) electrons. The van der Waals surface area contributed by atoms with Gasteiger partial charge in [-0.3, -0.25) is 4.90 Å². The molecule has 0 bridgehead atoms. The van der Waals surface area contributed by atoms with E-state index in [0.717, 1.165) is 39.0 Å². The molecule has 0 aromatic heterocycles. The third-order valence-electron chi connectivity index (χ3n) is 3.91. The summed E-state index contributed by atoms with van der Waals surface area (Å²) in [5.41, 5.74) is -0.371. The van der Waals surface area contributed by atoms with Crippen LogP contribution < -0.4 is 5.32 Å². The number of morpholine rings is 1. The van der Waals surface area contributed by atoms with Crippen molar-refractivity contribution in [3.05, 3.63) is 0 Å². The summed E-state index contributed by atoms with van der Waals surface area (Å²) in [5.74, 6) is 0. The van der Waals surface area contributed by atoms with Gasteiger partial charge < -0.3 is 10.1 Å². The summed E-state index contributed by atoms with van der Waals surface area (Å²) in [6.45, 7) is 9.30. The van der Waals surface area contributed by atoms with Crippen molar-refractivity contribution >= 4 is 0 Å². The topological polar surface area (TPSA) is 48.3 Å². The van der Waals surface area contributed by atoms with Gasteiger partial charge in [-0.2, -0.15) is 5.26 Å². The molecule has 4 heteroatoms. The Hall–Kier alpha value is -0.630. The molecule has 0 spiro atoms. The number of hydrogen-bond acceptors (Lipinski definition) is 4. The molecule has 0 aliphatic carbocycles. The van der Waals surface area contributed by atoms with E-state index in [4.69, 9.17) is 10.00 Å². The molecule has 1 fully saturated rings. The number of ether oxygens (including phenoxy) is 1. The normalized spacial score (nSPS) is 28.6. The molecule has 1 rings (SSSR count). The molecular weight excluding hydrogens is 226 g/mol. The second kappa shape index (κ2) is 7.08. The van der Waals surface area contributed by atoms with E-state index in [1.165, 1.54) is 0 Å². The van der Waals surface area contributed by atoms with Crippen LogP contribution in [-0.4, -0.2) is 49.3 Å². The Labute approximate surface area is 111 Å². The molecule has 3 unspecified atom stereocenters. The molecule has 0 saturated carbocycles. The molecule has 0 aromatic rings. The summed E-state index contributed by atoms with van der Waals surface area (Å²) in [6, 6.07) is 2.86. The zero-order valence-electron chi connectivity index (χ0n) is 12.2. The first-order valence-corrected chi connectivity index (χ1v) is 6.96. The van der Waals surface area contributed by atoms with Crippen LogP contribution in [0.15, 0.2) is 0 Å². The minimum absolute atomic E-state index is 0.350. The van der Waals surface area contributed by atoms with Gasteiger partial charge in [-0.05, 0) is 53.6 Å². The van der Waals surface area contributed by atoms with Crippen LogP contribution in [0.2, 0.25) is 0 Å². The zero-order valence-corrected chi connectivity index (χ0v) is 12.2. The van der Waals surface area contributed by atoms with Crippen LogP contribution in [0, 0.1) is 11.3 Å². The summed E-state index contributed by atoms with van der Waals surface area (Å²) >= 11 is 0. The van der Waals surface area contributed by atoms with E-state index in [9.17, 15) is 0 Å². The highest BCUT2D eigenvalue weighted by Gasteiger charge is 2.24. The van der Waals surface area contributed by atoms with Gasteiger partial charge in [0.2, 0.25) is 0 Å². The molecule has 0 aromatic carbocycles. The average Bonchev–Trinajstić information content (AvgIpc) is 2.38. The summed E-state index contributed by atoms with van der Waals surface area (Å²) in [4.78, 5) is 2.50. The highest BCUT2D eigenvalue weighted by atomic mass is 16.5. The predicted molar refractivity (Wildman–Crippen MR) is 73.4 cm³/mol. The number of unbranched alkanes of at least 4 members (excludes halogenated alkanes) is 1.